The number of urea groups is 1. The number of imide groups is 1. The number of carbonyl (C=O) groups excluding carboxylic acids is 2. The van der Waals surface area contributed by atoms with Crippen molar-refractivity contribution in [1.82, 2.24) is 5.32 Å². The summed E-state index contributed by atoms with van der Waals surface area (Å²) in [4.78, 5) is 22.5. The predicted octanol–water partition coefficient (Wildman–Crippen LogP) is 2.15. The Kier molecular flexibility index (Phi) is 4.77. The van der Waals surface area contributed by atoms with Gasteiger partial charge in [0.15, 0.2) is 0 Å². The van der Waals surface area contributed by atoms with Gasteiger partial charge in [0.05, 0.1) is 10.3 Å². The summed E-state index contributed by atoms with van der Waals surface area (Å²) in [6.45, 7) is 1.60. The van der Waals surface area contributed by atoms with E-state index < -0.39 is 23.0 Å². The van der Waals surface area contributed by atoms with E-state index in [9.17, 15) is 14.0 Å². The normalized spacial score (nSPS) is 11.9. The fourth-order valence-corrected chi connectivity index (χ4v) is 2.18. The number of benzene rings is 1. The fraction of sp³-hybridized carbons (Fsp3) is 0.200. The van der Waals surface area contributed by atoms with E-state index >= 15 is 0 Å². The first-order chi connectivity index (χ1) is 7.90. The molecule has 17 heavy (non-hydrogen) atoms. The van der Waals surface area contributed by atoms with Crippen LogP contribution < -0.4 is 11.1 Å². The Bertz CT molecular complexity index is 456. The molecule has 0 saturated carbocycles. The second-order valence-corrected chi connectivity index (χ2v) is 5.01. The molecule has 7 heteroatoms. The average Bonchev–Trinajstić information content (AvgIpc) is 2.22. The van der Waals surface area contributed by atoms with E-state index in [1.165, 1.54) is 18.2 Å². The molecular weight excluding hydrogens is 267 g/mol. The van der Waals surface area contributed by atoms with E-state index in [0.29, 0.717) is 4.90 Å². The van der Waals surface area contributed by atoms with Crippen LogP contribution in [0.3, 0.4) is 0 Å². The monoisotopic (exact) mass is 276 g/mol. The highest BCUT2D eigenvalue weighted by Crippen LogP contribution is 2.27. The maximum absolute atomic E-state index is 12.9. The van der Waals surface area contributed by atoms with Crippen LogP contribution in [0.2, 0.25) is 5.02 Å². The van der Waals surface area contributed by atoms with Crippen molar-refractivity contribution in [2.24, 2.45) is 5.73 Å². The van der Waals surface area contributed by atoms with E-state index in [-0.39, 0.29) is 5.02 Å². The number of nitrogens with one attached hydrogen (secondary N) is 1. The van der Waals surface area contributed by atoms with Crippen LogP contribution in [0.1, 0.15) is 6.92 Å². The van der Waals surface area contributed by atoms with Gasteiger partial charge in [-0.25, -0.2) is 9.18 Å². The number of halogens is 2. The lowest BCUT2D eigenvalue weighted by Crippen LogP contribution is -2.39. The van der Waals surface area contributed by atoms with E-state index in [1.54, 1.807) is 6.92 Å². The highest BCUT2D eigenvalue weighted by Gasteiger charge is 2.16. The van der Waals surface area contributed by atoms with Crippen LogP contribution in [0.5, 0.6) is 0 Å². The molecule has 1 aromatic rings. The van der Waals surface area contributed by atoms with Crippen molar-refractivity contribution in [1.29, 1.82) is 0 Å². The molecule has 0 bridgehead atoms. The van der Waals surface area contributed by atoms with E-state index in [0.717, 1.165) is 11.8 Å². The molecule has 0 aliphatic rings. The van der Waals surface area contributed by atoms with Gasteiger partial charge in [0.25, 0.3) is 0 Å². The van der Waals surface area contributed by atoms with Gasteiger partial charge in [-0.15, -0.1) is 11.8 Å². The molecule has 1 rings (SSSR count). The molecule has 92 valence electrons. The molecule has 0 unspecified atom stereocenters. The lowest BCUT2D eigenvalue weighted by Gasteiger charge is -2.10. The number of hydrogen-bond donors (Lipinski definition) is 2. The number of rotatable bonds is 3. The van der Waals surface area contributed by atoms with Gasteiger partial charge < -0.3 is 5.73 Å². The predicted molar refractivity (Wildman–Crippen MR) is 64.5 cm³/mol. The van der Waals surface area contributed by atoms with Crippen molar-refractivity contribution < 1.29 is 14.0 Å². The van der Waals surface area contributed by atoms with Crippen LogP contribution in [0.25, 0.3) is 0 Å². The van der Waals surface area contributed by atoms with Crippen molar-refractivity contribution in [2.45, 2.75) is 17.1 Å². The van der Waals surface area contributed by atoms with Gasteiger partial charge in [-0.2, -0.15) is 0 Å². The Morgan fingerprint density at radius 3 is 2.71 bits per heavy atom. The van der Waals surface area contributed by atoms with Crippen LogP contribution in [-0.2, 0) is 4.79 Å². The summed E-state index contributed by atoms with van der Waals surface area (Å²) in [5.74, 6) is -1.03. The zero-order valence-electron chi connectivity index (χ0n) is 8.87. The third kappa shape index (κ3) is 4.24. The van der Waals surface area contributed by atoms with E-state index in [2.05, 4.69) is 0 Å². The third-order valence-electron chi connectivity index (χ3n) is 1.82. The second-order valence-electron chi connectivity index (χ2n) is 3.19. The molecule has 0 aromatic heterocycles. The molecule has 0 fully saturated rings. The first kappa shape index (κ1) is 13.8. The smallest absolute Gasteiger partial charge is 0.318 e. The molecular formula is C10H10ClFN2O2S. The van der Waals surface area contributed by atoms with E-state index in [1.807, 2.05) is 5.32 Å². The van der Waals surface area contributed by atoms with Crippen LogP contribution in [-0.4, -0.2) is 17.2 Å². The van der Waals surface area contributed by atoms with Gasteiger partial charge in [-0.1, -0.05) is 11.6 Å². The maximum atomic E-state index is 12.9. The van der Waals surface area contributed by atoms with Crippen molar-refractivity contribution in [3.05, 3.63) is 29.0 Å². The topological polar surface area (TPSA) is 72.2 Å². The lowest BCUT2D eigenvalue weighted by atomic mass is 10.3. The van der Waals surface area contributed by atoms with Crippen molar-refractivity contribution in [2.75, 3.05) is 0 Å². The number of amides is 3. The molecule has 1 aromatic carbocycles. The summed E-state index contributed by atoms with van der Waals surface area (Å²) in [6.07, 6.45) is 0. The van der Waals surface area contributed by atoms with Crippen molar-refractivity contribution in [3.63, 3.8) is 0 Å². The molecule has 0 spiro atoms. The number of hydrogen-bond acceptors (Lipinski definition) is 3. The largest absolute Gasteiger partial charge is 0.351 e. The summed E-state index contributed by atoms with van der Waals surface area (Å²) in [5.41, 5.74) is 4.82. The Morgan fingerprint density at radius 1 is 1.53 bits per heavy atom. The molecule has 0 heterocycles. The molecule has 0 radical (unpaired) electrons. The van der Waals surface area contributed by atoms with Gasteiger partial charge in [0, 0.05) is 4.90 Å². The zero-order valence-corrected chi connectivity index (χ0v) is 10.4. The van der Waals surface area contributed by atoms with Gasteiger partial charge in [-0.3, -0.25) is 10.1 Å². The number of thioether (sulfide) groups is 1. The van der Waals surface area contributed by atoms with Crippen molar-refractivity contribution in [3.8, 4) is 0 Å². The van der Waals surface area contributed by atoms with Gasteiger partial charge in [0.2, 0.25) is 5.91 Å². The first-order valence-electron chi connectivity index (χ1n) is 4.62. The summed E-state index contributed by atoms with van der Waals surface area (Å²) in [6, 6.07) is 3.22. The van der Waals surface area contributed by atoms with Gasteiger partial charge in [-0.05, 0) is 25.1 Å². The third-order valence-corrected chi connectivity index (χ3v) is 3.20. The molecule has 3 amide bonds. The lowest BCUT2D eigenvalue weighted by molar-refractivity contribution is -0.119. The zero-order chi connectivity index (χ0) is 13.0. The van der Waals surface area contributed by atoms with Crippen LogP contribution >= 0.6 is 23.4 Å². The molecule has 3 N–H and O–H groups in total. The summed E-state index contributed by atoms with van der Waals surface area (Å²) >= 11 is 6.74. The maximum Gasteiger partial charge on any atom is 0.318 e. The first-order valence-corrected chi connectivity index (χ1v) is 5.88. The molecule has 1 atom stereocenters. The van der Waals surface area contributed by atoms with Gasteiger partial charge in [0.1, 0.15) is 5.82 Å². The summed E-state index contributed by atoms with van der Waals surface area (Å²) in [7, 11) is 0. The highest BCUT2D eigenvalue weighted by atomic mass is 35.5. The Morgan fingerprint density at radius 2 is 2.18 bits per heavy atom. The SMILES string of the molecule is C[C@@H](Sc1ccc(F)c(Cl)c1)C(=O)NC(N)=O. The Balaban J connectivity index is 2.67. The fourth-order valence-electron chi connectivity index (χ4n) is 1.03. The van der Waals surface area contributed by atoms with Crippen molar-refractivity contribution >= 4 is 35.3 Å². The molecule has 4 nitrogen and oxygen atoms in total. The number of carbonyl (C=O) groups is 2. The average molecular weight is 277 g/mol. The number of nitrogens with two attached hydrogens (primary N) is 1. The quantitative estimate of drug-likeness (QED) is 0.831. The molecule has 0 saturated heterocycles. The van der Waals surface area contributed by atoms with E-state index in [4.69, 9.17) is 17.3 Å². The minimum atomic E-state index is -0.903. The summed E-state index contributed by atoms with van der Waals surface area (Å²) < 4.78 is 12.9. The minimum absolute atomic E-state index is 0.0162. The standard InChI is InChI=1S/C10H10ClFN2O2S/c1-5(9(15)14-10(13)16)17-6-2-3-8(12)7(11)4-6/h2-5H,1H3,(H3,13,14,15,16)/t5-/m1/s1. The van der Waals surface area contributed by atoms with Crippen LogP contribution in [0.4, 0.5) is 9.18 Å². The Labute approximate surface area is 107 Å². The highest BCUT2D eigenvalue weighted by molar-refractivity contribution is 8.00. The molecule has 0 aliphatic carbocycles. The van der Waals surface area contributed by atoms with Crippen LogP contribution in [0, 0.1) is 5.82 Å². The number of primary amides is 1. The molecule has 0 aliphatic heterocycles. The van der Waals surface area contributed by atoms with Crippen LogP contribution in [0.15, 0.2) is 23.1 Å². The summed E-state index contributed by atoms with van der Waals surface area (Å²) in [5, 5.41) is 1.41. The minimum Gasteiger partial charge on any atom is -0.351 e. The Hall–Kier alpha value is -1.27. The second kappa shape index (κ2) is 5.88. The van der Waals surface area contributed by atoms with Gasteiger partial charge >= 0.3 is 6.03 Å².